The number of hydrogen-bond acceptors (Lipinski definition) is 5. The average molecular weight is 592 g/mol. The lowest BCUT2D eigenvalue weighted by atomic mass is 10.1. The highest BCUT2D eigenvalue weighted by Crippen LogP contribution is 2.38. The maximum Gasteiger partial charge on any atom is 0.266 e. The van der Waals surface area contributed by atoms with E-state index in [2.05, 4.69) is 29.2 Å². The van der Waals surface area contributed by atoms with Gasteiger partial charge in [0.1, 0.15) is 10.9 Å². The molecule has 3 rings (SSSR count). The molecule has 1 amide bonds. The minimum absolute atomic E-state index is 0.128. The summed E-state index contributed by atoms with van der Waals surface area (Å²) in [6.45, 7) is 4.32. The zero-order valence-electron chi connectivity index (χ0n) is 15.8. The van der Waals surface area contributed by atoms with Crippen molar-refractivity contribution < 1.29 is 14.3 Å². The van der Waals surface area contributed by atoms with Crippen LogP contribution in [-0.2, 0) is 11.4 Å². The van der Waals surface area contributed by atoms with Gasteiger partial charge in [-0.15, -0.1) is 6.58 Å². The zero-order valence-corrected chi connectivity index (χ0v) is 21.1. The van der Waals surface area contributed by atoms with Crippen LogP contribution < -0.4 is 9.47 Å². The first-order valence-electron chi connectivity index (χ1n) is 8.64. The van der Waals surface area contributed by atoms with Gasteiger partial charge in [-0.05, 0) is 58.5 Å². The van der Waals surface area contributed by atoms with Gasteiger partial charge in [0.25, 0.3) is 5.91 Å². The topological polar surface area (TPSA) is 38.8 Å². The zero-order chi connectivity index (χ0) is 21.8. The highest BCUT2D eigenvalue weighted by molar-refractivity contribution is 14.1. The molecule has 0 N–H and O–H groups in total. The Morgan fingerprint density at radius 2 is 2.07 bits per heavy atom. The summed E-state index contributed by atoms with van der Waals surface area (Å²) < 4.78 is 12.9. The van der Waals surface area contributed by atoms with Crippen LogP contribution in [0.3, 0.4) is 0 Å². The third kappa shape index (κ3) is 5.31. The van der Waals surface area contributed by atoms with Crippen molar-refractivity contribution in [1.82, 2.24) is 4.90 Å². The van der Waals surface area contributed by atoms with Crippen LogP contribution in [0.2, 0.25) is 10.0 Å². The number of hydrogen-bond donors (Lipinski definition) is 0. The molecular weight excluding hydrogens is 576 g/mol. The van der Waals surface area contributed by atoms with E-state index in [0.717, 1.165) is 14.7 Å². The van der Waals surface area contributed by atoms with Crippen LogP contribution in [0, 0.1) is 3.57 Å². The Morgan fingerprint density at radius 3 is 2.73 bits per heavy atom. The van der Waals surface area contributed by atoms with Gasteiger partial charge < -0.3 is 9.47 Å². The first-order valence-corrected chi connectivity index (χ1v) is 11.7. The normalized spacial score (nSPS) is 15.1. The van der Waals surface area contributed by atoms with E-state index in [1.165, 1.54) is 16.7 Å². The molecule has 9 heteroatoms. The predicted molar refractivity (Wildman–Crippen MR) is 137 cm³/mol. The predicted octanol–water partition coefficient (Wildman–Crippen LogP) is 6.57. The largest absolute Gasteiger partial charge is 0.493 e. The lowest BCUT2D eigenvalue weighted by Gasteiger charge is -2.14. The highest BCUT2D eigenvalue weighted by atomic mass is 127. The second-order valence-corrected chi connectivity index (χ2v) is 9.82. The van der Waals surface area contributed by atoms with Gasteiger partial charge in [0.2, 0.25) is 0 Å². The molecule has 4 nitrogen and oxygen atoms in total. The molecule has 2 aromatic rings. The fraction of sp³-hybridized carbons (Fsp3) is 0.143. The molecule has 0 saturated carbocycles. The van der Waals surface area contributed by atoms with Crippen molar-refractivity contribution in [3.05, 3.63) is 72.6 Å². The minimum atomic E-state index is -0.128. The molecule has 0 radical (unpaired) electrons. The second-order valence-electron chi connectivity index (χ2n) is 6.14. The maximum absolute atomic E-state index is 12.6. The standard InChI is InChI=1S/C21H16Cl2INO3S2/c1-3-6-25-20(26)18(30-21(25)29)9-12-7-16(24)19(17(8-12)27-2)28-11-13-4-5-14(22)10-15(13)23/h3-5,7-10H,1,6,11H2,2H3. The van der Waals surface area contributed by atoms with Crippen LogP contribution in [-0.4, -0.2) is 28.8 Å². The fourth-order valence-corrected chi connectivity index (χ4v) is 5.21. The monoisotopic (exact) mass is 591 g/mol. The third-order valence-corrected chi connectivity index (χ3v) is 6.89. The number of thioether (sulfide) groups is 1. The summed E-state index contributed by atoms with van der Waals surface area (Å²) in [6, 6.07) is 9.00. The van der Waals surface area contributed by atoms with Crippen LogP contribution in [0.25, 0.3) is 6.08 Å². The quantitative estimate of drug-likeness (QED) is 0.158. The molecule has 0 unspecified atom stereocenters. The van der Waals surface area contributed by atoms with Crippen molar-refractivity contribution in [2.75, 3.05) is 13.7 Å². The summed E-state index contributed by atoms with van der Waals surface area (Å²) in [5, 5.41) is 1.11. The molecule has 0 bridgehead atoms. The van der Waals surface area contributed by atoms with E-state index in [1.54, 1.807) is 31.4 Å². The number of amides is 1. The number of thiocarbonyl (C=S) groups is 1. The van der Waals surface area contributed by atoms with Crippen molar-refractivity contribution in [3.8, 4) is 11.5 Å². The Bertz CT molecular complexity index is 1060. The molecule has 2 aromatic carbocycles. The number of carbonyl (C=O) groups excluding carboxylic acids is 1. The molecule has 1 aliphatic rings. The van der Waals surface area contributed by atoms with Crippen LogP contribution in [0.1, 0.15) is 11.1 Å². The van der Waals surface area contributed by atoms with E-state index in [0.29, 0.717) is 37.3 Å². The van der Waals surface area contributed by atoms with Gasteiger partial charge in [0, 0.05) is 22.2 Å². The number of ether oxygens (including phenoxy) is 2. The number of carbonyl (C=O) groups is 1. The lowest BCUT2D eigenvalue weighted by Crippen LogP contribution is -2.27. The van der Waals surface area contributed by atoms with Gasteiger partial charge in [-0.1, -0.05) is 59.3 Å². The first-order chi connectivity index (χ1) is 14.3. The molecule has 1 fully saturated rings. The molecular formula is C21H16Cl2INO3S2. The Balaban J connectivity index is 1.84. The number of rotatable bonds is 7. The summed E-state index contributed by atoms with van der Waals surface area (Å²) >= 11 is 20.9. The van der Waals surface area contributed by atoms with Crippen molar-refractivity contribution in [1.29, 1.82) is 0 Å². The van der Waals surface area contributed by atoms with Gasteiger partial charge in [0.15, 0.2) is 11.5 Å². The second kappa shape index (κ2) is 10.4. The molecule has 1 saturated heterocycles. The Hall–Kier alpha value is -1.26. The molecule has 0 aliphatic carbocycles. The molecule has 0 spiro atoms. The van der Waals surface area contributed by atoms with Crippen molar-refractivity contribution in [2.24, 2.45) is 0 Å². The van der Waals surface area contributed by atoms with Crippen molar-refractivity contribution >= 4 is 86.1 Å². The van der Waals surface area contributed by atoms with Crippen LogP contribution >= 0.6 is 69.8 Å². The fourth-order valence-electron chi connectivity index (χ4n) is 2.69. The van der Waals surface area contributed by atoms with E-state index in [1.807, 2.05) is 18.2 Å². The van der Waals surface area contributed by atoms with Gasteiger partial charge >= 0.3 is 0 Å². The minimum Gasteiger partial charge on any atom is -0.493 e. The Labute approximate surface area is 208 Å². The lowest BCUT2D eigenvalue weighted by molar-refractivity contribution is -0.121. The van der Waals surface area contributed by atoms with E-state index in [-0.39, 0.29) is 12.5 Å². The summed E-state index contributed by atoms with van der Waals surface area (Å²) in [5.74, 6) is 1.02. The molecule has 0 aromatic heterocycles. The van der Waals surface area contributed by atoms with Crippen LogP contribution in [0.4, 0.5) is 0 Å². The number of halogens is 3. The van der Waals surface area contributed by atoms with E-state index in [4.69, 9.17) is 44.9 Å². The molecule has 156 valence electrons. The molecule has 1 aliphatic heterocycles. The third-order valence-electron chi connectivity index (χ3n) is 4.12. The summed E-state index contributed by atoms with van der Waals surface area (Å²) in [4.78, 5) is 14.6. The van der Waals surface area contributed by atoms with Crippen LogP contribution in [0.5, 0.6) is 11.5 Å². The summed E-state index contributed by atoms with van der Waals surface area (Å²) in [5.41, 5.74) is 1.63. The summed E-state index contributed by atoms with van der Waals surface area (Å²) in [7, 11) is 1.57. The number of benzene rings is 2. The van der Waals surface area contributed by atoms with Gasteiger partial charge in [-0.3, -0.25) is 9.69 Å². The van der Waals surface area contributed by atoms with E-state index >= 15 is 0 Å². The maximum atomic E-state index is 12.6. The number of methoxy groups -OCH3 is 1. The molecule has 1 heterocycles. The van der Waals surface area contributed by atoms with Gasteiger partial charge in [-0.2, -0.15) is 0 Å². The van der Waals surface area contributed by atoms with Crippen LogP contribution in [0.15, 0.2) is 47.9 Å². The van der Waals surface area contributed by atoms with Gasteiger partial charge in [0.05, 0.1) is 15.6 Å². The first kappa shape index (κ1) is 23.4. The molecule has 30 heavy (non-hydrogen) atoms. The Kier molecular flexibility index (Phi) is 8.09. The van der Waals surface area contributed by atoms with E-state index in [9.17, 15) is 4.79 Å². The van der Waals surface area contributed by atoms with Crippen molar-refractivity contribution in [2.45, 2.75) is 6.61 Å². The smallest absolute Gasteiger partial charge is 0.266 e. The Morgan fingerprint density at radius 1 is 1.30 bits per heavy atom. The highest BCUT2D eigenvalue weighted by Gasteiger charge is 2.31. The number of nitrogens with zero attached hydrogens (tertiary/aromatic N) is 1. The van der Waals surface area contributed by atoms with E-state index < -0.39 is 0 Å². The SMILES string of the molecule is C=CCN1C(=O)C(=Cc2cc(I)c(OCc3ccc(Cl)cc3Cl)c(OC)c2)SC1=S. The molecule has 0 atom stereocenters. The average Bonchev–Trinajstić information content (AvgIpc) is 2.95. The van der Waals surface area contributed by atoms with Crippen molar-refractivity contribution in [3.63, 3.8) is 0 Å². The summed E-state index contributed by atoms with van der Waals surface area (Å²) in [6.07, 6.45) is 3.45. The van der Waals surface area contributed by atoms with Gasteiger partial charge in [-0.25, -0.2) is 0 Å².